The van der Waals surface area contributed by atoms with E-state index in [1.165, 1.54) is 13.2 Å². The molecule has 1 aromatic heterocycles. The minimum Gasteiger partial charge on any atom is -0.496 e. The van der Waals surface area contributed by atoms with E-state index in [0.717, 1.165) is 10.2 Å². The average Bonchev–Trinajstić information content (AvgIpc) is 3.30. The maximum absolute atomic E-state index is 13.8. The highest BCUT2D eigenvalue weighted by Gasteiger charge is 2.51. The van der Waals surface area contributed by atoms with E-state index in [9.17, 15) is 22.8 Å². The lowest BCUT2D eigenvalue weighted by Gasteiger charge is -2.30. The molecule has 0 spiro atoms. The van der Waals surface area contributed by atoms with E-state index >= 15 is 0 Å². The van der Waals surface area contributed by atoms with Gasteiger partial charge in [0, 0.05) is 18.7 Å². The Kier molecular flexibility index (Phi) is 7.25. The number of aromatic nitrogens is 3. The number of piperidine rings is 1. The molecule has 2 unspecified atom stereocenters. The van der Waals surface area contributed by atoms with Crippen molar-refractivity contribution >= 4 is 23.5 Å². The molecule has 2 heterocycles. The minimum absolute atomic E-state index is 0.0999. The Hall–Kier alpha value is -4.26. The van der Waals surface area contributed by atoms with Crippen molar-refractivity contribution in [3.63, 3.8) is 0 Å². The summed E-state index contributed by atoms with van der Waals surface area (Å²) in [5.41, 5.74) is 6.82. The Balaban J connectivity index is 1.73. The van der Waals surface area contributed by atoms with Gasteiger partial charge >= 0.3 is 6.18 Å². The van der Waals surface area contributed by atoms with Gasteiger partial charge in [-0.3, -0.25) is 15.0 Å². The summed E-state index contributed by atoms with van der Waals surface area (Å²) in [4.78, 5) is 30.2. The number of nitrogens with one attached hydrogen (secondary N) is 3. The molecule has 1 fully saturated rings. The zero-order valence-corrected chi connectivity index (χ0v) is 19.7. The highest BCUT2D eigenvalue weighted by atomic mass is 19.4. The summed E-state index contributed by atoms with van der Waals surface area (Å²) in [5.74, 6) is -5.52. The van der Waals surface area contributed by atoms with Crippen molar-refractivity contribution in [3.8, 4) is 5.75 Å². The molecule has 10 nitrogen and oxygen atoms in total. The lowest BCUT2D eigenvalue weighted by atomic mass is 9.84. The number of hydrogen-bond acceptors (Lipinski definition) is 8. The molecule has 0 radical (unpaired) electrons. The number of anilines is 1. The van der Waals surface area contributed by atoms with E-state index in [-0.39, 0.29) is 36.2 Å². The Morgan fingerprint density at radius 1 is 1.24 bits per heavy atom. The molecular formula is C24H24F3N7O3. The Bertz CT molecular complexity index is 1320. The molecule has 194 valence electrons. The molecule has 2 aromatic carbocycles. The number of nitrogens with zero attached hydrogens (tertiary/aromatic N) is 3. The second-order valence-electron chi connectivity index (χ2n) is 8.40. The van der Waals surface area contributed by atoms with E-state index in [2.05, 4.69) is 20.7 Å². The van der Waals surface area contributed by atoms with Crippen LogP contribution in [-0.4, -0.2) is 58.7 Å². The molecule has 0 bridgehead atoms. The summed E-state index contributed by atoms with van der Waals surface area (Å²) in [6.07, 6.45) is -4.68. The van der Waals surface area contributed by atoms with Crippen LogP contribution in [-0.2, 0) is 11.3 Å². The number of ketones is 1. The monoisotopic (exact) mass is 515 g/mol. The van der Waals surface area contributed by atoms with E-state index in [1.54, 1.807) is 42.5 Å². The third-order valence-electron chi connectivity index (χ3n) is 5.98. The largest absolute Gasteiger partial charge is 0.496 e. The van der Waals surface area contributed by atoms with Gasteiger partial charge in [0.15, 0.2) is 11.6 Å². The highest BCUT2D eigenvalue weighted by molar-refractivity contribution is 5.99. The molecule has 37 heavy (non-hydrogen) atoms. The molecule has 0 amide bonds. The second-order valence-corrected chi connectivity index (χ2v) is 8.40. The van der Waals surface area contributed by atoms with Crippen LogP contribution in [0.1, 0.15) is 33.2 Å². The van der Waals surface area contributed by atoms with Crippen LogP contribution in [0.2, 0.25) is 0 Å². The quantitative estimate of drug-likeness (QED) is 0.277. The molecular weight excluding hydrogens is 491 g/mol. The topological polar surface area (TPSA) is 148 Å². The van der Waals surface area contributed by atoms with Gasteiger partial charge in [0.25, 0.3) is 5.91 Å². The molecule has 3 aromatic rings. The summed E-state index contributed by atoms with van der Waals surface area (Å²) >= 11 is 0. The van der Waals surface area contributed by atoms with Crippen molar-refractivity contribution in [1.29, 1.82) is 5.41 Å². The third kappa shape index (κ3) is 5.45. The number of alkyl halides is 3. The second kappa shape index (κ2) is 10.4. The Labute approximate surface area is 209 Å². The molecule has 1 aliphatic heterocycles. The number of benzene rings is 2. The molecule has 0 aliphatic carbocycles. The zero-order valence-electron chi connectivity index (χ0n) is 19.7. The van der Waals surface area contributed by atoms with Crippen LogP contribution in [0.3, 0.4) is 0 Å². The molecule has 2 atom stereocenters. The summed E-state index contributed by atoms with van der Waals surface area (Å²) in [7, 11) is 1.38. The van der Waals surface area contributed by atoms with Gasteiger partial charge in [0.05, 0.1) is 31.1 Å². The standard InChI is InChI=1S/C24H24F3N7O3/c1-37-18-5-3-2-4-15(18)22(36)34-23(31-10-13-6-8-14(9-7-13)20(28)29)32-21(33-34)19-16(24(25,26)27)11-30-12-17(19)35/h2-9,16,19,30H,10-12H2,1H3,(H3,28,29)(H,31,32,33). The van der Waals surface area contributed by atoms with Crippen molar-refractivity contribution in [1.82, 2.24) is 20.1 Å². The first kappa shape index (κ1) is 25.8. The normalized spacial score (nSPS) is 17.9. The van der Waals surface area contributed by atoms with E-state index < -0.39 is 42.1 Å². The van der Waals surface area contributed by atoms with E-state index in [1.807, 2.05) is 0 Å². The van der Waals surface area contributed by atoms with Gasteiger partial charge in [-0.05, 0) is 17.7 Å². The van der Waals surface area contributed by atoms with Crippen LogP contribution in [0.15, 0.2) is 48.5 Å². The van der Waals surface area contributed by atoms with Gasteiger partial charge in [-0.15, -0.1) is 5.10 Å². The number of nitrogens with two attached hydrogens (primary N) is 1. The van der Waals surface area contributed by atoms with Crippen LogP contribution in [0, 0.1) is 11.3 Å². The van der Waals surface area contributed by atoms with Crippen molar-refractivity contribution in [3.05, 3.63) is 71.0 Å². The third-order valence-corrected chi connectivity index (χ3v) is 5.98. The fraction of sp³-hybridized carbons (Fsp3) is 0.292. The first-order valence-electron chi connectivity index (χ1n) is 11.2. The van der Waals surface area contributed by atoms with Crippen molar-refractivity contribution in [2.45, 2.75) is 18.6 Å². The van der Waals surface area contributed by atoms with Crippen LogP contribution < -0.4 is 21.1 Å². The zero-order chi connectivity index (χ0) is 26.7. The molecule has 1 saturated heterocycles. The van der Waals surface area contributed by atoms with Crippen molar-refractivity contribution in [2.75, 3.05) is 25.5 Å². The van der Waals surface area contributed by atoms with Gasteiger partial charge in [0.1, 0.15) is 11.6 Å². The number of para-hydroxylation sites is 1. The number of rotatable bonds is 7. The number of hydrogen-bond donors (Lipinski definition) is 4. The number of amidine groups is 1. The lowest BCUT2D eigenvalue weighted by Crippen LogP contribution is -2.49. The van der Waals surface area contributed by atoms with Gasteiger partial charge in [0.2, 0.25) is 5.95 Å². The molecule has 13 heteroatoms. The van der Waals surface area contributed by atoms with Crippen LogP contribution in [0.4, 0.5) is 19.1 Å². The van der Waals surface area contributed by atoms with Crippen LogP contribution >= 0.6 is 0 Å². The Morgan fingerprint density at radius 3 is 2.59 bits per heavy atom. The van der Waals surface area contributed by atoms with Gasteiger partial charge < -0.3 is 21.1 Å². The molecule has 0 saturated carbocycles. The fourth-order valence-corrected chi connectivity index (χ4v) is 4.07. The maximum Gasteiger partial charge on any atom is 0.394 e. The number of halogens is 3. The average molecular weight is 515 g/mol. The first-order chi connectivity index (χ1) is 17.6. The fourth-order valence-electron chi connectivity index (χ4n) is 4.07. The van der Waals surface area contributed by atoms with E-state index in [4.69, 9.17) is 15.9 Å². The minimum atomic E-state index is -4.68. The van der Waals surface area contributed by atoms with Crippen LogP contribution in [0.5, 0.6) is 5.75 Å². The maximum atomic E-state index is 13.8. The summed E-state index contributed by atoms with van der Waals surface area (Å²) in [6, 6.07) is 13.0. The summed E-state index contributed by atoms with van der Waals surface area (Å²) in [5, 5.41) is 17.0. The van der Waals surface area contributed by atoms with Crippen LogP contribution in [0.25, 0.3) is 0 Å². The molecule has 4 rings (SSSR count). The lowest BCUT2D eigenvalue weighted by molar-refractivity contribution is -0.185. The number of carbonyl (C=O) groups is 2. The number of Topliss-reactive ketones (excluding diaryl/α,β-unsaturated/α-hetero) is 1. The number of ether oxygens (including phenoxy) is 1. The number of methoxy groups -OCH3 is 1. The summed E-state index contributed by atoms with van der Waals surface area (Å²) < 4.78 is 47.4. The Morgan fingerprint density at radius 2 is 1.95 bits per heavy atom. The number of nitrogen functional groups attached to an aromatic ring is 1. The molecule has 5 N–H and O–H groups in total. The van der Waals surface area contributed by atoms with Gasteiger partial charge in [-0.25, -0.2) is 0 Å². The predicted octanol–water partition coefficient (Wildman–Crippen LogP) is 2.31. The summed E-state index contributed by atoms with van der Waals surface area (Å²) in [6.45, 7) is -0.615. The van der Waals surface area contributed by atoms with E-state index in [0.29, 0.717) is 5.56 Å². The highest BCUT2D eigenvalue weighted by Crippen LogP contribution is 2.39. The molecule has 1 aliphatic rings. The first-order valence-corrected chi connectivity index (χ1v) is 11.2. The van der Waals surface area contributed by atoms with Gasteiger partial charge in [-0.1, -0.05) is 36.4 Å². The number of carbonyl (C=O) groups excluding carboxylic acids is 2. The SMILES string of the molecule is COc1ccccc1C(=O)n1nc(C2C(=O)CNCC2C(F)(F)F)nc1NCc1ccc(C(=N)N)cc1. The van der Waals surface area contributed by atoms with Crippen molar-refractivity contribution < 1.29 is 27.5 Å². The smallest absolute Gasteiger partial charge is 0.394 e. The van der Waals surface area contributed by atoms with Crippen molar-refractivity contribution in [2.24, 2.45) is 11.7 Å². The predicted molar refractivity (Wildman–Crippen MR) is 128 cm³/mol. The van der Waals surface area contributed by atoms with Gasteiger partial charge in [-0.2, -0.15) is 22.8 Å².